The number of nitrogens with zero attached hydrogens (tertiary/aromatic N) is 2. The van der Waals surface area contributed by atoms with E-state index in [9.17, 15) is 13.2 Å². The number of likely N-dealkylation sites (N-methyl/N-ethyl adjacent to an activating group) is 1. The molecule has 1 aliphatic heterocycles. The molecule has 1 atom stereocenters. The third-order valence-electron chi connectivity index (χ3n) is 5.58. The SMILES string of the molecule is Cc1ccc([C@@H]2CCCN2C(=O)CN(C)S(=O)(=O)c2ccc(C)c(C)c2)cc1. The average Bonchev–Trinajstić information content (AvgIpc) is 3.14. The number of hydrogen-bond donors (Lipinski definition) is 0. The second kappa shape index (κ2) is 8.05. The Bertz CT molecular complexity index is 968. The molecule has 1 aliphatic rings. The van der Waals surface area contributed by atoms with Crippen LogP contribution >= 0.6 is 0 Å². The predicted octanol–water partition coefficient (Wildman–Crippen LogP) is 3.60. The molecule has 2 aromatic rings. The molecule has 0 radical (unpaired) electrons. The first kappa shape index (κ1) is 20.6. The topological polar surface area (TPSA) is 57.7 Å². The maximum Gasteiger partial charge on any atom is 0.243 e. The summed E-state index contributed by atoms with van der Waals surface area (Å²) in [4.78, 5) is 15.0. The lowest BCUT2D eigenvalue weighted by Crippen LogP contribution is -2.40. The van der Waals surface area contributed by atoms with Crippen molar-refractivity contribution < 1.29 is 13.2 Å². The quantitative estimate of drug-likeness (QED) is 0.771. The molecule has 0 aliphatic carbocycles. The number of likely N-dealkylation sites (tertiary alicyclic amines) is 1. The fourth-order valence-electron chi connectivity index (χ4n) is 3.62. The average molecular weight is 401 g/mol. The molecule has 1 heterocycles. The minimum Gasteiger partial charge on any atom is -0.335 e. The van der Waals surface area contributed by atoms with E-state index in [-0.39, 0.29) is 23.4 Å². The predicted molar refractivity (Wildman–Crippen MR) is 111 cm³/mol. The Hall–Kier alpha value is -2.18. The van der Waals surface area contributed by atoms with Gasteiger partial charge in [0, 0.05) is 13.6 Å². The summed E-state index contributed by atoms with van der Waals surface area (Å²) in [6, 6.07) is 13.3. The van der Waals surface area contributed by atoms with Crippen LogP contribution in [0.2, 0.25) is 0 Å². The van der Waals surface area contributed by atoms with Crippen molar-refractivity contribution in [3.05, 3.63) is 64.7 Å². The van der Waals surface area contributed by atoms with Gasteiger partial charge in [-0.05, 0) is 62.4 Å². The molecule has 1 amide bonds. The van der Waals surface area contributed by atoms with E-state index in [2.05, 4.69) is 12.1 Å². The van der Waals surface area contributed by atoms with Gasteiger partial charge < -0.3 is 4.90 Å². The van der Waals surface area contributed by atoms with Crippen molar-refractivity contribution in [2.75, 3.05) is 20.1 Å². The van der Waals surface area contributed by atoms with Crippen molar-refractivity contribution in [3.63, 3.8) is 0 Å². The zero-order valence-corrected chi connectivity index (χ0v) is 17.8. The minimum atomic E-state index is -3.70. The van der Waals surface area contributed by atoms with E-state index in [1.54, 1.807) is 18.2 Å². The zero-order chi connectivity index (χ0) is 20.5. The highest BCUT2D eigenvalue weighted by molar-refractivity contribution is 7.89. The van der Waals surface area contributed by atoms with Crippen molar-refractivity contribution in [1.82, 2.24) is 9.21 Å². The lowest BCUT2D eigenvalue weighted by molar-refractivity contribution is -0.132. The summed E-state index contributed by atoms with van der Waals surface area (Å²) < 4.78 is 26.9. The van der Waals surface area contributed by atoms with Gasteiger partial charge in [-0.25, -0.2) is 8.42 Å². The van der Waals surface area contributed by atoms with E-state index >= 15 is 0 Å². The number of carbonyl (C=O) groups is 1. The Morgan fingerprint density at radius 1 is 1.07 bits per heavy atom. The van der Waals surface area contributed by atoms with Gasteiger partial charge in [0.05, 0.1) is 17.5 Å². The molecule has 1 saturated heterocycles. The van der Waals surface area contributed by atoms with Crippen molar-refractivity contribution in [1.29, 1.82) is 0 Å². The van der Waals surface area contributed by atoms with Gasteiger partial charge in [0.15, 0.2) is 0 Å². The van der Waals surface area contributed by atoms with Gasteiger partial charge >= 0.3 is 0 Å². The summed E-state index contributed by atoms with van der Waals surface area (Å²) in [6.45, 7) is 6.37. The van der Waals surface area contributed by atoms with Crippen molar-refractivity contribution in [2.24, 2.45) is 0 Å². The van der Waals surface area contributed by atoms with Gasteiger partial charge in [-0.2, -0.15) is 4.31 Å². The molecule has 0 spiro atoms. The van der Waals surface area contributed by atoms with E-state index in [0.29, 0.717) is 6.54 Å². The van der Waals surface area contributed by atoms with Crippen LogP contribution in [0.25, 0.3) is 0 Å². The molecule has 0 saturated carbocycles. The van der Waals surface area contributed by atoms with Crippen LogP contribution in [0.5, 0.6) is 0 Å². The van der Waals surface area contributed by atoms with Crippen LogP contribution in [-0.4, -0.2) is 43.7 Å². The highest BCUT2D eigenvalue weighted by Gasteiger charge is 2.32. The van der Waals surface area contributed by atoms with Crippen LogP contribution in [0.3, 0.4) is 0 Å². The lowest BCUT2D eigenvalue weighted by Gasteiger charge is -2.27. The number of benzene rings is 2. The molecule has 5 nitrogen and oxygen atoms in total. The molecule has 0 unspecified atom stereocenters. The number of sulfonamides is 1. The minimum absolute atomic E-state index is 0.0193. The van der Waals surface area contributed by atoms with Gasteiger partial charge in [-0.15, -0.1) is 0 Å². The Balaban J connectivity index is 1.75. The lowest BCUT2D eigenvalue weighted by atomic mass is 10.0. The second-order valence-electron chi connectivity index (χ2n) is 7.66. The summed E-state index contributed by atoms with van der Waals surface area (Å²) in [5, 5.41) is 0. The van der Waals surface area contributed by atoms with Crippen LogP contribution in [0.15, 0.2) is 47.4 Å². The van der Waals surface area contributed by atoms with Crippen LogP contribution in [0, 0.1) is 20.8 Å². The fraction of sp³-hybridized carbons (Fsp3) is 0.409. The first-order chi connectivity index (χ1) is 13.2. The Kier molecular flexibility index (Phi) is 5.91. The summed E-state index contributed by atoms with van der Waals surface area (Å²) in [7, 11) is -2.23. The van der Waals surface area contributed by atoms with Crippen molar-refractivity contribution >= 4 is 15.9 Å². The third kappa shape index (κ3) is 4.13. The zero-order valence-electron chi connectivity index (χ0n) is 17.0. The third-order valence-corrected chi connectivity index (χ3v) is 7.38. The molecule has 3 rings (SSSR count). The van der Waals surface area contributed by atoms with Gasteiger partial charge in [0.2, 0.25) is 15.9 Å². The summed E-state index contributed by atoms with van der Waals surface area (Å²) >= 11 is 0. The number of amides is 1. The molecule has 2 aromatic carbocycles. The molecule has 1 fully saturated rings. The Morgan fingerprint density at radius 2 is 1.75 bits per heavy atom. The first-order valence-electron chi connectivity index (χ1n) is 9.60. The van der Waals surface area contributed by atoms with Gasteiger partial charge in [-0.1, -0.05) is 35.9 Å². The van der Waals surface area contributed by atoms with E-state index in [1.807, 2.05) is 37.8 Å². The van der Waals surface area contributed by atoms with Crippen LogP contribution < -0.4 is 0 Å². The normalized spacial score (nSPS) is 17.3. The molecule has 0 bridgehead atoms. The number of aryl methyl sites for hydroxylation is 3. The Labute approximate surface area is 168 Å². The van der Waals surface area contributed by atoms with Gasteiger partial charge in [0.25, 0.3) is 0 Å². The van der Waals surface area contributed by atoms with Crippen LogP contribution in [-0.2, 0) is 14.8 Å². The van der Waals surface area contributed by atoms with Crippen LogP contribution in [0.4, 0.5) is 0 Å². The monoisotopic (exact) mass is 400 g/mol. The van der Waals surface area contributed by atoms with E-state index in [1.165, 1.54) is 12.6 Å². The highest BCUT2D eigenvalue weighted by Crippen LogP contribution is 2.32. The number of rotatable bonds is 5. The van der Waals surface area contributed by atoms with Crippen LogP contribution in [0.1, 0.15) is 41.1 Å². The number of carbonyl (C=O) groups excluding carboxylic acids is 1. The van der Waals surface area contributed by atoms with E-state index in [4.69, 9.17) is 0 Å². The summed E-state index contributed by atoms with van der Waals surface area (Å²) in [5.74, 6) is -0.155. The first-order valence-corrected chi connectivity index (χ1v) is 11.0. The molecule has 0 N–H and O–H groups in total. The number of hydrogen-bond acceptors (Lipinski definition) is 3. The molecular weight excluding hydrogens is 372 g/mol. The van der Waals surface area contributed by atoms with Gasteiger partial charge in [-0.3, -0.25) is 4.79 Å². The maximum atomic E-state index is 12.9. The molecule has 28 heavy (non-hydrogen) atoms. The second-order valence-corrected chi connectivity index (χ2v) is 9.71. The van der Waals surface area contributed by atoms with E-state index in [0.717, 1.165) is 33.8 Å². The van der Waals surface area contributed by atoms with Crippen molar-refractivity contribution in [3.8, 4) is 0 Å². The van der Waals surface area contributed by atoms with Crippen molar-refractivity contribution in [2.45, 2.75) is 44.6 Å². The van der Waals surface area contributed by atoms with Gasteiger partial charge in [0.1, 0.15) is 0 Å². The largest absolute Gasteiger partial charge is 0.335 e. The molecule has 6 heteroatoms. The summed E-state index contributed by atoms with van der Waals surface area (Å²) in [6.07, 6.45) is 1.83. The standard InChI is InChI=1S/C22H28N2O3S/c1-16-7-10-19(11-8-16)21-6-5-13-24(21)22(25)15-23(4)28(26,27)20-12-9-17(2)18(3)14-20/h7-12,14,21H,5-6,13,15H2,1-4H3/t21-/m0/s1. The fourth-order valence-corrected chi connectivity index (χ4v) is 4.83. The Morgan fingerprint density at radius 3 is 2.39 bits per heavy atom. The van der Waals surface area contributed by atoms with E-state index < -0.39 is 10.0 Å². The highest BCUT2D eigenvalue weighted by atomic mass is 32.2. The molecule has 150 valence electrons. The maximum absolute atomic E-state index is 12.9. The smallest absolute Gasteiger partial charge is 0.243 e. The molecule has 0 aromatic heterocycles. The summed E-state index contributed by atoms with van der Waals surface area (Å²) in [5.41, 5.74) is 4.24. The molecular formula is C22H28N2O3S.